The Morgan fingerprint density at radius 3 is 2.83 bits per heavy atom. The largest absolute Gasteiger partial charge is 0.388 e. The van der Waals surface area contributed by atoms with E-state index in [-0.39, 0.29) is 0 Å². The van der Waals surface area contributed by atoms with E-state index < -0.39 is 0 Å². The maximum absolute atomic E-state index is 8.27. The van der Waals surface area contributed by atoms with Crippen LogP contribution in [0, 0.1) is 23.0 Å². The predicted octanol–water partition coefficient (Wildman–Crippen LogP) is 1.44. The highest BCUT2D eigenvalue weighted by molar-refractivity contribution is 5.50. The Hall–Kier alpha value is -2.20. The minimum atomic E-state index is 0.415. The van der Waals surface area contributed by atoms with Gasteiger partial charge in [0.1, 0.15) is 5.75 Å². The van der Waals surface area contributed by atoms with Crippen LogP contribution in [0.25, 0.3) is 0 Å². The summed E-state index contributed by atoms with van der Waals surface area (Å²) in [6, 6.07) is 6.58. The van der Waals surface area contributed by atoms with E-state index in [1.54, 1.807) is 36.7 Å². The Balaban J connectivity index is 2.84. The number of nitrogens with one attached hydrogen (secondary N) is 1. The fraction of sp³-hybridized carbons (Fsp3) is 0. The highest BCUT2D eigenvalue weighted by Crippen LogP contribution is 2.16. The molecule has 58 valence electrons. The molecule has 1 N–H and O–H groups in total. The number of ether oxygens (including phenoxy) is 1. The lowest BCUT2D eigenvalue weighted by atomic mass is 10.3. The van der Waals surface area contributed by atoms with E-state index >= 15 is 0 Å². The first-order valence-electron chi connectivity index (χ1n) is 3.18. The van der Waals surface area contributed by atoms with Gasteiger partial charge in [0.05, 0.1) is 5.69 Å². The Bertz CT molecular complexity index is 317. The van der Waals surface area contributed by atoms with E-state index in [4.69, 9.17) is 10.5 Å². The number of hydrogen-bond acceptors (Lipinski definition) is 4. The monoisotopic (exact) mass is 159 g/mol. The van der Waals surface area contributed by atoms with Crippen molar-refractivity contribution in [2.24, 2.45) is 0 Å². The first-order chi connectivity index (χ1) is 5.86. The third kappa shape index (κ3) is 1.89. The quantitative estimate of drug-likeness (QED) is 0.523. The minimum Gasteiger partial charge on any atom is -0.388 e. The molecule has 0 saturated heterocycles. The van der Waals surface area contributed by atoms with Gasteiger partial charge in [-0.25, -0.2) is 0 Å². The Labute approximate surface area is 69.6 Å². The molecule has 0 heterocycles. The molecule has 0 saturated carbocycles. The zero-order valence-electron chi connectivity index (χ0n) is 6.11. The fourth-order valence-corrected chi connectivity index (χ4v) is 0.755. The van der Waals surface area contributed by atoms with Crippen molar-refractivity contribution in [1.29, 1.82) is 10.5 Å². The van der Waals surface area contributed by atoms with Gasteiger partial charge >= 0.3 is 0 Å². The normalized spacial score (nSPS) is 7.83. The topological polar surface area (TPSA) is 68.8 Å². The Morgan fingerprint density at radius 1 is 1.33 bits per heavy atom. The smallest absolute Gasteiger partial charge is 0.292 e. The molecule has 12 heavy (non-hydrogen) atoms. The maximum Gasteiger partial charge on any atom is 0.292 e. The van der Waals surface area contributed by atoms with Crippen LogP contribution in [0.4, 0.5) is 5.69 Å². The van der Waals surface area contributed by atoms with Crippen molar-refractivity contribution in [3.63, 3.8) is 0 Å². The van der Waals surface area contributed by atoms with Crippen LogP contribution in [-0.2, 0) is 0 Å². The zero-order valence-corrected chi connectivity index (χ0v) is 6.11. The number of nitrogens with zero attached hydrogens (tertiary/aromatic N) is 2. The third-order valence-electron chi connectivity index (χ3n) is 1.20. The van der Waals surface area contributed by atoms with Gasteiger partial charge in [0, 0.05) is 6.07 Å². The van der Waals surface area contributed by atoms with Gasteiger partial charge < -0.3 is 4.74 Å². The lowest BCUT2D eigenvalue weighted by molar-refractivity contribution is 0.507. The summed E-state index contributed by atoms with van der Waals surface area (Å²) in [6.07, 6.45) is 3.31. The number of anilines is 1. The second-order valence-corrected chi connectivity index (χ2v) is 1.96. The molecular weight excluding hydrogens is 154 g/mol. The summed E-state index contributed by atoms with van der Waals surface area (Å²) in [5.41, 5.74) is 0.602. The zero-order chi connectivity index (χ0) is 8.81. The van der Waals surface area contributed by atoms with Crippen LogP contribution in [0.15, 0.2) is 24.3 Å². The van der Waals surface area contributed by atoms with Gasteiger partial charge in [0.25, 0.3) is 6.26 Å². The fourth-order valence-electron chi connectivity index (χ4n) is 0.755. The van der Waals surface area contributed by atoms with Crippen molar-refractivity contribution >= 4 is 5.69 Å². The SMILES string of the molecule is N#CNc1cccc(OC#N)c1. The first kappa shape index (κ1) is 7.90. The second kappa shape index (κ2) is 3.85. The van der Waals surface area contributed by atoms with Crippen LogP contribution in [0.5, 0.6) is 5.75 Å². The molecule has 0 amide bonds. The molecular formula is C8H5N3O. The average Bonchev–Trinajstić information content (AvgIpc) is 2.06. The van der Waals surface area contributed by atoms with Crippen LogP contribution in [-0.4, -0.2) is 0 Å². The summed E-state index contributed by atoms with van der Waals surface area (Å²) >= 11 is 0. The van der Waals surface area contributed by atoms with E-state index in [0.29, 0.717) is 11.4 Å². The van der Waals surface area contributed by atoms with Gasteiger partial charge in [-0.2, -0.15) is 5.26 Å². The molecule has 4 nitrogen and oxygen atoms in total. The van der Waals surface area contributed by atoms with E-state index in [0.717, 1.165) is 0 Å². The molecule has 0 atom stereocenters. The van der Waals surface area contributed by atoms with Crippen LogP contribution in [0.3, 0.4) is 0 Å². The third-order valence-corrected chi connectivity index (χ3v) is 1.20. The molecule has 4 heteroatoms. The summed E-state index contributed by atoms with van der Waals surface area (Å²) in [5.74, 6) is 0.415. The molecule has 0 aliphatic rings. The van der Waals surface area contributed by atoms with Crippen LogP contribution >= 0.6 is 0 Å². The summed E-state index contributed by atoms with van der Waals surface area (Å²) < 4.78 is 4.55. The van der Waals surface area contributed by atoms with Crippen LogP contribution in [0.1, 0.15) is 0 Å². The highest BCUT2D eigenvalue weighted by Gasteiger charge is 1.94. The number of benzene rings is 1. The molecule has 1 rings (SSSR count). The lowest BCUT2D eigenvalue weighted by Crippen LogP contribution is -1.88. The van der Waals surface area contributed by atoms with Gasteiger partial charge in [-0.1, -0.05) is 6.07 Å². The number of nitriles is 2. The summed E-state index contributed by atoms with van der Waals surface area (Å²) in [5, 5.41) is 18.9. The van der Waals surface area contributed by atoms with Crippen molar-refractivity contribution in [2.75, 3.05) is 5.32 Å². The molecule has 0 spiro atoms. The first-order valence-corrected chi connectivity index (χ1v) is 3.18. The predicted molar refractivity (Wildman–Crippen MR) is 41.9 cm³/mol. The summed E-state index contributed by atoms with van der Waals surface area (Å²) in [4.78, 5) is 0. The molecule has 0 bridgehead atoms. The molecule has 0 fully saturated rings. The molecule has 0 aromatic heterocycles. The van der Waals surface area contributed by atoms with Gasteiger partial charge in [0.2, 0.25) is 0 Å². The van der Waals surface area contributed by atoms with Crippen molar-refractivity contribution in [3.8, 4) is 18.2 Å². The Morgan fingerprint density at radius 2 is 2.17 bits per heavy atom. The summed E-state index contributed by atoms with van der Waals surface area (Å²) in [6.45, 7) is 0. The molecule has 1 aromatic rings. The minimum absolute atomic E-state index is 0.415. The molecule has 0 radical (unpaired) electrons. The van der Waals surface area contributed by atoms with Gasteiger partial charge in [0.15, 0.2) is 6.19 Å². The van der Waals surface area contributed by atoms with Crippen molar-refractivity contribution in [3.05, 3.63) is 24.3 Å². The Kier molecular flexibility index (Phi) is 2.53. The van der Waals surface area contributed by atoms with Crippen LogP contribution < -0.4 is 10.1 Å². The van der Waals surface area contributed by atoms with E-state index in [2.05, 4.69) is 10.1 Å². The summed E-state index contributed by atoms with van der Waals surface area (Å²) in [7, 11) is 0. The van der Waals surface area contributed by atoms with Crippen molar-refractivity contribution < 1.29 is 4.74 Å². The van der Waals surface area contributed by atoms with Crippen molar-refractivity contribution in [2.45, 2.75) is 0 Å². The molecule has 1 aromatic carbocycles. The molecule has 0 aliphatic heterocycles. The molecule has 0 aliphatic carbocycles. The van der Waals surface area contributed by atoms with E-state index in [1.165, 1.54) is 0 Å². The van der Waals surface area contributed by atoms with Crippen LogP contribution in [0.2, 0.25) is 0 Å². The highest BCUT2D eigenvalue weighted by atomic mass is 16.5. The van der Waals surface area contributed by atoms with Gasteiger partial charge in [-0.3, -0.25) is 5.32 Å². The second-order valence-electron chi connectivity index (χ2n) is 1.96. The van der Waals surface area contributed by atoms with E-state index in [9.17, 15) is 0 Å². The number of rotatable bonds is 2. The average molecular weight is 159 g/mol. The maximum atomic E-state index is 8.27. The van der Waals surface area contributed by atoms with Gasteiger partial charge in [-0.15, -0.1) is 5.26 Å². The number of hydrogen-bond donors (Lipinski definition) is 1. The molecule has 0 unspecified atom stereocenters. The standard InChI is InChI=1S/C8H5N3O/c9-5-11-7-2-1-3-8(4-7)12-6-10/h1-4,11H. The van der Waals surface area contributed by atoms with Gasteiger partial charge in [-0.05, 0) is 12.1 Å². The van der Waals surface area contributed by atoms with Crippen molar-refractivity contribution in [1.82, 2.24) is 0 Å². The lowest BCUT2D eigenvalue weighted by Gasteiger charge is -1.98. The van der Waals surface area contributed by atoms with E-state index in [1.807, 2.05) is 0 Å².